The lowest BCUT2D eigenvalue weighted by atomic mass is 9.44. The zero-order chi connectivity index (χ0) is 29.8. The Morgan fingerprint density at radius 3 is 2.36 bits per heavy atom. The average molecular weight is 595 g/mol. The third-order valence-electron chi connectivity index (χ3n) is 14.1. The number of hydrogen-bond donors (Lipinski definition) is 5. The first kappa shape index (κ1) is 30.3. The van der Waals surface area contributed by atoms with Gasteiger partial charge in [-0.05, 0) is 97.7 Å². The number of fused-ring (bicyclic) bond motifs is 7. The van der Waals surface area contributed by atoms with Crippen molar-refractivity contribution in [1.82, 2.24) is 0 Å². The SMILES string of the molecule is CC1CC[C@@]2(OC1)O[C@H]1C[C@H]3[C@@H]4CCC5CC(O[C@@H]6O[C@H](CO)[C@H](O)[C@H](O)[C@H]6O)C(O)C[C@]5(C)[C@H]4CC[C@]3(C)[C@H]1[C@@H]2C. The lowest BCUT2D eigenvalue weighted by Crippen LogP contribution is -2.61. The molecule has 3 heterocycles. The Kier molecular flexibility index (Phi) is 7.64. The fraction of sp³-hybridized carbons (Fsp3) is 1.00. The smallest absolute Gasteiger partial charge is 0.187 e. The van der Waals surface area contributed by atoms with Gasteiger partial charge in [0.1, 0.15) is 24.4 Å². The van der Waals surface area contributed by atoms with Crippen LogP contribution in [0.1, 0.15) is 85.5 Å². The Bertz CT molecular complexity index is 1000. The van der Waals surface area contributed by atoms with Gasteiger partial charge in [0, 0.05) is 12.3 Å². The highest BCUT2D eigenvalue weighted by Crippen LogP contribution is 2.71. The predicted molar refractivity (Wildman–Crippen MR) is 152 cm³/mol. The molecule has 7 fully saturated rings. The van der Waals surface area contributed by atoms with Crippen LogP contribution in [0.25, 0.3) is 0 Å². The van der Waals surface area contributed by atoms with Crippen molar-refractivity contribution in [3.8, 4) is 0 Å². The van der Waals surface area contributed by atoms with E-state index in [1.807, 2.05) is 0 Å². The van der Waals surface area contributed by atoms with Gasteiger partial charge in [0.25, 0.3) is 0 Å². The molecule has 7 aliphatic rings. The van der Waals surface area contributed by atoms with Crippen LogP contribution >= 0.6 is 0 Å². The fourth-order valence-corrected chi connectivity index (χ4v) is 11.8. The highest BCUT2D eigenvalue weighted by Gasteiger charge is 2.69. The topological polar surface area (TPSA) is 138 Å². The predicted octanol–water partition coefficient (Wildman–Crippen LogP) is 2.59. The van der Waals surface area contributed by atoms with Gasteiger partial charge in [-0.1, -0.05) is 27.7 Å². The van der Waals surface area contributed by atoms with E-state index in [1.54, 1.807) is 0 Å². The standard InChI is InChI=1S/C33H54O9/c1-16-7-10-33(39-15-16)17(2)26-24(42-33)12-21-19-6-5-18-11-23(40-30-29(38)28(37)27(36)25(14-34)41-30)22(35)13-32(18,4)20(19)8-9-31(21,26)3/h16-30,34-38H,5-15H2,1-4H3/t16?,17-,18?,19+,20-,21-,22?,23?,24-,25+,26-,27-,28-,29+,30+,31-,32-,33+/m0/s1. The van der Waals surface area contributed by atoms with Crippen LogP contribution in [-0.4, -0.2) is 93.6 Å². The van der Waals surface area contributed by atoms with Crippen LogP contribution in [0.5, 0.6) is 0 Å². The molecule has 240 valence electrons. The summed E-state index contributed by atoms with van der Waals surface area (Å²) in [6.45, 7) is 9.92. The molecule has 0 aromatic rings. The molecule has 0 amide bonds. The summed E-state index contributed by atoms with van der Waals surface area (Å²) < 4.78 is 25.1. The fourth-order valence-electron chi connectivity index (χ4n) is 11.8. The van der Waals surface area contributed by atoms with Gasteiger partial charge < -0.3 is 44.5 Å². The van der Waals surface area contributed by atoms with Crippen LogP contribution in [-0.2, 0) is 18.9 Å². The molecule has 4 unspecified atom stereocenters. The van der Waals surface area contributed by atoms with Crippen molar-refractivity contribution in [2.45, 2.75) is 140 Å². The molecule has 5 N–H and O–H groups in total. The first-order chi connectivity index (χ1) is 19.9. The molecule has 3 aliphatic heterocycles. The monoisotopic (exact) mass is 594 g/mol. The third-order valence-corrected chi connectivity index (χ3v) is 14.1. The van der Waals surface area contributed by atoms with Gasteiger partial charge in [0.05, 0.1) is 31.5 Å². The molecule has 4 aliphatic carbocycles. The quantitative estimate of drug-likeness (QED) is 0.312. The largest absolute Gasteiger partial charge is 0.394 e. The van der Waals surface area contributed by atoms with E-state index in [2.05, 4.69) is 27.7 Å². The third kappa shape index (κ3) is 4.35. The van der Waals surface area contributed by atoms with Crippen molar-refractivity contribution < 1.29 is 44.5 Å². The number of hydrogen-bond acceptors (Lipinski definition) is 9. The van der Waals surface area contributed by atoms with Crippen LogP contribution in [0.15, 0.2) is 0 Å². The van der Waals surface area contributed by atoms with Crippen LogP contribution in [0.2, 0.25) is 0 Å². The van der Waals surface area contributed by atoms with E-state index >= 15 is 0 Å². The average Bonchev–Trinajstić information content (AvgIpc) is 3.40. The summed E-state index contributed by atoms with van der Waals surface area (Å²) in [6, 6.07) is 0. The first-order valence-electron chi connectivity index (χ1n) is 16.9. The van der Waals surface area contributed by atoms with Crippen molar-refractivity contribution >= 4 is 0 Å². The van der Waals surface area contributed by atoms with E-state index in [0.717, 1.165) is 25.9 Å². The molecule has 3 saturated heterocycles. The zero-order valence-corrected chi connectivity index (χ0v) is 25.8. The highest BCUT2D eigenvalue weighted by atomic mass is 16.7. The molecular formula is C33H54O9. The summed E-state index contributed by atoms with van der Waals surface area (Å²) in [5, 5.41) is 51.9. The van der Waals surface area contributed by atoms with E-state index < -0.39 is 49.5 Å². The van der Waals surface area contributed by atoms with Gasteiger partial charge in [-0.15, -0.1) is 0 Å². The Hall–Kier alpha value is -0.360. The van der Waals surface area contributed by atoms with Crippen molar-refractivity contribution in [3.05, 3.63) is 0 Å². The lowest BCUT2D eigenvalue weighted by Gasteiger charge is -2.62. The summed E-state index contributed by atoms with van der Waals surface area (Å²) >= 11 is 0. The number of ether oxygens (including phenoxy) is 4. The van der Waals surface area contributed by atoms with Gasteiger partial charge in [-0.3, -0.25) is 0 Å². The van der Waals surface area contributed by atoms with Gasteiger partial charge in [-0.2, -0.15) is 0 Å². The minimum atomic E-state index is -1.49. The van der Waals surface area contributed by atoms with E-state index in [0.29, 0.717) is 54.3 Å². The maximum atomic E-state index is 11.4. The molecule has 9 heteroatoms. The van der Waals surface area contributed by atoms with Gasteiger partial charge in [0.15, 0.2) is 12.1 Å². The molecular weight excluding hydrogens is 540 g/mol. The summed E-state index contributed by atoms with van der Waals surface area (Å²) in [6.07, 6.45) is 1.68. The van der Waals surface area contributed by atoms with Crippen LogP contribution in [0.4, 0.5) is 0 Å². The normalized spacial score (nSPS) is 60.9. The first-order valence-corrected chi connectivity index (χ1v) is 16.9. The number of rotatable bonds is 3. The maximum Gasteiger partial charge on any atom is 0.187 e. The van der Waals surface area contributed by atoms with Crippen molar-refractivity contribution in [1.29, 1.82) is 0 Å². The van der Waals surface area contributed by atoms with E-state index in [4.69, 9.17) is 18.9 Å². The highest BCUT2D eigenvalue weighted by molar-refractivity contribution is 5.16. The molecule has 0 bridgehead atoms. The van der Waals surface area contributed by atoms with Crippen LogP contribution in [0, 0.1) is 52.3 Å². The molecule has 0 radical (unpaired) electrons. The van der Waals surface area contributed by atoms with Crippen molar-refractivity contribution in [2.24, 2.45) is 52.3 Å². The molecule has 9 nitrogen and oxygen atoms in total. The van der Waals surface area contributed by atoms with Crippen molar-refractivity contribution in [2.75, 3.05) is 13.2 Å². The van der Waals surface area contributed by atoms with Crippen LogP contribution in [0.3, 0.4) is 0 Å². The summed E-state index contributed by atoms with van der Waals surface area (Å²) in [5.41, 5.74) is 0.263. The minimum Gasteiger partial charge on any atom is -0.394 e. The number of aliphatic hydroxyl groups excluding tert-OH is 5. The van der Waals surface area contributed by atoms with E-state index in [1.165, 1.54) is 25.7 Å². The minimum absolute atomic E-state index is 0.00686. The second-order valence-corrected chi connectivity index (χ2v) is 16.1. The molecule has 0 aromatic carbocycles. The molecule has 4 saturated carbocycles. The number of aliphatic hydroxyl groups is 5. The maximum absolute atomic E-state index is 11.4. The zero-order valence-electron chi connectivity index (χ0n) is 25.8. The van der Waals surface area contributed by atoms with E-state index in [9.17, 15) is 25.5 Å². The molecule has 7 rings (SSSR count). The van der Waals surface area contributed by atoms with Gasteiger partial charge >= 0.3 is 0 Å². The van der Waals surface area contributed by atoms with Gasteiger partial charge in [-0.25, -0.2) is 0 Å². The Balaban J connectivity index is 1.05. The Morgan fingerprint density at radius 2 is 1.64 bits per heavy atom. The summed E-state index contributed by atoms with van der Waals surface area (Å²) in [7, 11) is 0. The second-order valence-electron chi connectivity index (χ2n) is 16.1. The molecule has 18 atom stereocenters. The van der Waals surface area contributed by atoms with Crippen LogP contribution < -0.4 is 0 Å². The molecule has 42 heavy (non-hydrogen) atoms. The second kappa shape index (κ2) is 10.6. The molecule has 1 spiro atoms. The van der Waals surface area contributed by atoms with Crippen molar-refractivity contribution in [3.63, 3.8) is 0 Å². The lowest BCUT2D eigenvalue weighted by molar-refractivity contribution is -0.324. The Morgan fingerprint density at radius 1 is 0.857 bits per heavy atom. The summed E-state index contributed by atoms with van der Waals surface area (Å²) in [4.78, 5) is 0. The van der Waals surface area contributed by atoms with E-state index in [-0.39, 0.29) is 22.7 Å². The van der Waals surface area contributed by atoms with Gasteiger partial charge in [0.2, 0.25) is 0 Å². The summed E-state index contributed by atoms with van der Waals surface area (Å²) in [5.74, 6) is 3.36. The Labute approximate surface area is 250 Å². The molecule has 0 aromatic heterocycles.